The summed E-state index contributed by atoms with van der Waals surface area (Å²) >= 11 is 2.73. The minimum atomic E-state index is -0.497. The first-order valence-corrected chi connectivity index (χ1v) is 13.7. The lowest BCUT2D eigenvalue weighted by atomic mass is 9.88. The maximum absolute atomic E-state index is 12.8. The first kappa shape index (κ1) is 26.0. The van der Waals surface area contributed by atoms with E-state index in [1.54, 1.807) is 6.08 Å². The largest absolute Gasteiger partial charge is 0.483 e. The van der Waals surface area contributed by atoms with Gasteiger partial charge in [0.15, 0.2) is 17.1 Å². The molecule has 4 rings (SSSR count). The number of nitrogens with two attached hydrogens (primary N) is 1. The van der Waals surface area contributed by atoms with E-state index in [9.17, 15) is 9.59 Å². The third-order valence-corrected chi connectivity index (χ3v) is 8.20. The van der Waals surface area contributed by atoms with E-state index >= 15 is 0 Å². The molecule has 0 aliphatic heterocycles. The molecule has 0 fully saturated rings. The lowest BCUT2D eigenvalue weighted by molar-refractivity contribution is -0.113. The van der Waals surface area contributed by atoms with E-state index in [2.05, 4.69) is 29.0 Å². The zero-order chi connectivity index (χ0) is 25.8. The second kappa shape index (κ2) is 11.3. The molecule has 2 amide bonds. The van der Waals surface area contributed by atoms with Crippen LogP contribution in [0.1, 0.15) is 58.6 Å². The molecule has 10 heteroatoms. The number of aryl methyl sites for hydroxylation is 1. The number of hydrogen-bond acceptors (Lipinski definition) is 7. The molecule has 2 unspecified atom stereocenters. The Bertz CT molecular complexity index is 1280. The highest BCUT2D eigenvalue weighted by Gasteiger charge is 2.27. The van der Waals surface area contributed by atoms with Crippen molar-refractivity contribution in [1.29, 1.82) is 0 Å². The van der Waals surface area contributed by atoms with Crippen LogP contribution in [0.3, 0.4) is 0 Å². The van der Waals surface area contributed by atoms with Crippen molar-refractivity contribution in [3.8, 4) is 5.75 Å². The number of carbonyl (C=O) groups excluding carboxylic acids is 2. The van der Waals surface area contributed by atoms with Gasteiger partial charge in [-0.15, -0.1) is 28.1 Å². The van der Waals surface area contributed by atoms with E-state index in [-0.39, 0.29) is 17.8 Å². The van der Waals surface area contributed by atoms with Crippen molar-refractivity contribution in [2.24, 2.45) is 11.7 Å². The second-order valence-corrected chi connectivity index (χ2v) is 11.1. The number of fused-ring (bicyclic) bond motifs is 1. The highest BCUT2D eigenvalue weighted by molar-refractivity contribution is 7.99. The predicted molar refractivity (Wildman–Crippen MR) is 144 cm³/mol. The number of thioether (sulfide) groups is 1. The minimum absolute atomic E-state index is 0.111. The predicted octanol–water partition coefficient (Wildman–Crippen LogP) is 4.93. The number of rotatable bonds is 10. The molecule has 36 heavy (non-hydrogen) atoms. The Morgan fingerprint density at radius 1 is 1.42 bits per heavy atom. The number of allylic oxidation sites excluding steroid dienone is 1. The number of ether oxygens (including phenoxy) is 1. The zero-order valence-corrected chi connectivity index (χ0v) is 22.4. The smallest absolute Gasteiger partial charge is 0.251 e. The number of aromatic nitrogens is 3. The van der Waals surface area contributed by atoms with E-state index in [1.807, 2.05) is 42.7 Å². The standard InChI is InChI=1S/C26H31N5O3S2/c1-5-11-31-24(17(4)34-18-8-6-7-15(2)12-18)29-30-26(31)35-14-21(32)28-25-22(23(27)33)19-10-9-16(3)13-20(19)36-25/h5-8,12,16-17H,1,9-11,13-14H2,2-4H3,(H2,27,33)(H,28,32). The van der Waals surface area contributed by atoms with E-state index in [0.717, 1.165) is 41.0 Å². The SMILES string of the molecule is C=CCn1c(SCC(=O)Nc2sc3c(c2C(N)=O)CCC(C)C3)nnc1C(C)Oc1cccc(C)c1. The monoisotopic (exact) mass is 525 g/mol. The minimum Gasteiger partial charge on any atom is -0.483 e. The molecule has 190 valence electrons. The molecule has 8 nitrogen and oxygen atoms in total. The van der Waals surface area contributed by atoms with Crippen LogP contribution in [0.25, 0.3) is 0 Å². The maximum atomic E-state index is 12.8. The Labute approximate surface area is 219 Å². The van der Waals surface area contributed by atoms with Gasteiger partial charge in [-0.05, 0) is 62.3 Å². The molecule has 0 spiro atoms. The molecule has 0 saturated heterocycles. The quantitative estimate of drug-likeness (QED) is 0.287. The van der Waals surface area contributed by atoms with E-state index < -0.39 is 5.91 Å². The van der Waals surface area contributed by atoms with Gasteiger partial charge >= 0.3 is 0 Å². The fourth-order valence-electron chi connectivity index (χ4n) is 4.35. The molecule has 3 N–H and O–H groups in total. The highest BCUT2D eigenvalue weighted by atomic mass is 32.2. The number of anilines is 1. The third-order valence-electron chi connectivity index (χ3n) is 6.07. The van der Waals surface area contributed by atoms with Crippen LogP contribution in [-0.4, -0.2) is 32.3 Å². The van der Waals surface area contributed by atoms with Crippen LogP contribution in [0, 0.1) is 12.8 Å². The van der Waals surface area contributed by atoms with Gasteiger partial charge in [0, 0.05) is 11.4 Å². The van der Waals surface area contributed by atoms with Crippen molar-refractivity contribution in [2.45, 2.75) is 57.8 Å². The number of primary amides is 1. The first-order chi connectivity index (χ1) is 17.3. The van der Waals surface area contributed by atoms with E-state index in [1.165, 1.54) is 23.1 Å². The van der Waals surface area contributed by atoms with Gasteiger partial charge in [-0.25, -0.2) is 0 Å². The topological polar surface area (TPSA) is 112 Å². The average molecular weight is 526 g/mol. The number of benzene rings is 1. The summed E-state index contributed by atoms with van der Waals surface area (Å²) in [5.41, 5.74) is 8.23. The summed E-state index contributed by atoms with van der Waals surface area (Å²) in [7, 11) is 0. The van der Waals surface area contributed by atoms with E-state index in [0.29, 0.717) is 34.0 Å². The molecule has 0 bridgehead atoms. The van der Waals surface area contributed by atoms with Crippen molar-refractivity contribution < 1.29 is 14.3 Å². The molecule has 3 aromatic rings. The third kappa shape index (κ3) is 5.82. The molecule has 2 atom stereocenters. The average Bonchev–Trinajstić information content (AvgIpc) is 3.38. The van der Waals surface area contributed by atoms with Crippen molar-refractivity contribution >= 4 is 39.9 Å². The molecule has 2 aromatic heterocycles. The van der Waals surface area contributed by atoms with Crippen molar-refractivity contribution in [3.05, 3.63) is 64.3 Å². The Morgan fingerprint density at radius 3 is 2.94 bits per heavy atom. The lowest BCUT2D eigenvalue weighted by Crippen LogP contribution is -2.20. The second-order valence-electron chi connectivity index (χ2n) is 9.07. The first-order valence-electron chi connectivity index (χ1n) is 11.9. The summed E-state index contributed by atoms with van der Waals surface area (Å²) in [5, 5.41) is 12.7. The van der Waals surface area contributed by atoms with Crippen LogP contribution in [0.4, 0.5) is 5.00 Å². The highest BCUT2D eigenvalue weighted by Crippen LogP contribution is 2.39. The van der Waals surface area contributed by atoms with Crippen LogP contribution in [0.15, 0.2) is 42.1 Å². The van der Waals surface area contributed by atoms with Crippen molar-refractivity contribution in [2.75, 3.05) is 11.1 Å². The van der Waals surface area contributed by atoms with Gasteiger partial charge in [0.25, 0.3) is 5.91 Å². The molecular weight excluding hydrogens is 494 g/mol. The van der Waals surface area contributed by atoms with Crippen molar-refractivity contribution in [1.82, 2.24) is 14.8 Å². The van der Waals surface area contributed by atoms with Crippen LogP contribution >= 0.6 is 23.1 Å². The number of amides is 2. The van der Waals surface area contributed by atoms with Crippen LogP contribution < -0.4 is 15.8 Å². The summed E-state index contributed by atoms with van der Waals surface area (Å²) in [6.45, 7) is 10.4. The number of thiophene rings is 1. The molecule has 0 saturated carbocycles. The fourth-order valence-corrected chi connectivity index (χ4v) is 6.53. The molecular formula is C26H31N5O3S2. The Balaban J connectivity index is 1.45. The fraction of sp³-hybridized carbons (Fsp3) is 0.385. The Hall–Kier alpha value is -3.11. The molecule has 1 aliphatic carbocycles. The van der Waals surface area contributed by atoms with Gasteiger partial charge in [0.2, 0.25) is 5.91 Å². The summed E-state index contributed by atoms with van der Waals surface area (Å²) in [6.07, 6.45) is 4.14. The van der Waals surface area contributed by atoms with Crippen LogP contribution in [0.5, 0.6) is 5.75 Å². The maximum Gasteiger partial charge on any atom is 0.251 e. The van der Waals surface area contributed by atoms with Gasteiger partial charge in [0.05, 0.1) is 11.3 Å². The van der Waals surface area contributed by atoms with E-state index in [4.69, 9.17) is 10.5 Å². The summed E-state index contributed by atoms with van der Waals surface area (Å²) in [4.78, 5) is 26.1. The van der Waals surface area contributed by atoms with Gasteiger partial charge < -0.3 is 15.8 Å². The molecule has 0 radical (unpaired) electrons. The van der Waals surface area contributed by atoms with Crippen molar-refractivity contribution in [3.63, 3.8) is 0 Å². The lowest BCUT2D eigenvalue weighted by Gasteiger charge is -2.18. The van der Waals surface area contributed by atoms with Gasteiger partial charge in [-0.1, -0.05) is 36.9 Å². The van der Waals surface area contributed by atoms with Gasteiger partial charge in [-0.3, -0.25) is 14.2 Å². The number of hydrogen-bond donors (Lipinski definition) is 2. The van der Waals surface area contributed by atoms with Gasteiger partial charge in [-0.2, -0.15) is 0 Å². The van der Waals surface area contributed by atoms with Crippen LogP contribution in [-0.2, 0) is 24.2 Å². The summed E-state index contributed by atoms with van der Waals surface area (Å²) in [5.74, 6) is 1.34. The number of nitrogens with zero attached hydrogens (tertiary/aromatic N) is 3. The number of carbonyl (C=O) groups is 2. The number of nitrogens with one attached hydrogen (secondary N) is 1. The molecule has 1 aromatic carbocycles. The zero-order valence-electron chi connectivity index (χ0n) is 20.7. The summed E-state index contributed by atoms with van der Waals surface area (Å²) in [6, 6.07) is 7.82. The Morgan fingerprint density at radius 2 is 2.22 bits per heavy atom. The summed E-state index contributed by atoms with van der Waals surface area (Å²) < 4.78 is 7.97. The molecule has 1 aliphatic rings. The van der Waals surface area contributed by atoms with Gasteiger partial charge in [0.1, 0.15) is 10.8 Å². The Kier molecular flexibility index (Phi) is 8.15. The van der Waals surface area contributed by atoms with Crippen LogP contribution in [0.2, 0.25) is 0 Å². The molecule has 2 heterocycles. The normalized spacial score (nSPS) is 15.7.